The Morgan fingerprint density at radius 3 is 2.30 bits per heavy atom. The van der Waals surface area contributed by atoms with E-state index in [4.69, 9.17) is 4.42 Å². The zero-order chi connectivity index (χ0) is 19.4. The number of carbonyl (C=O) groups excluding carboxylic acids is 2. The Balaban J connectivity index is 1.87. The van der Waals surface area contributed by atoms with E-state index in [-0.39, 0.29) is 11.3 Å². The Labute approximate surface area is 156 Å². The molecule has 0 saturated carbocycles. The molecule has 0 aliphatic rings. The number of nitrogens with one attached hydrogen (secondary N) is 2. The molecule has 0 spiro atoms. The third-order valence-electron chi connectivity index (χ3n) is 4.21. The van der Waals surface area contributed by atoms with Crippen LogP contribution in [0.4, 0.5) is 10.1 Å². The number of carbonyl (C=O) groups is 2. The highest BCUT2D eigenvalue weighted by Gasteiger charge is 2.27. The smallest absolute Gasteiger partial charge is 0.255 e. The maximum absolute atomic E-state index is 13.9. The Morgan fingerprint density at radius 1 is 0.963 bits per heavy atom. The lowest BCUT2D eigenvalue weighted by Gasteiger charge is -2.18. The van der Waals surface area contributed by atoms with Gasteiger partial charge in [0.15, 0.2) is 6.04 Å². The number of furan rings is 1. The second-order valence-corrected chi connectivity index (χ2v) is 6.16. The highest BCUT2D eigenvalue weighted by atomic mass is 19.1. The number of benzene rings is 2. The lowest BCUT2D eigenvalue weighted by Crippen LogP contribution is -2.37. The van der Waals surface area contributed by atoms with E-state index in [9.17, 15) is 14.0 Å². The topological polar surface area (TPSA) is 71.3 Å². The van der Waals surface area contributed by atoms with Gasteiger partial charge in [0.2, 0.25) is 0 Å². The van der Waals surface area contributed by atoms with E-state index in [0.717, 1.165) is 11.1 Å². The quantitative estimate of drug-likeness (QED) is 0.713. The van der Waals surface area contributed by atoms with Crippen LogP contribution in [0.15, 0.2) is 65.3 Å². The van der Waals surface area contributed by atoms with Gasteiger partial charge in [-0.15, -0.1) is 0 Å². The van der Waals surface area contributed by atoms with Crippen molar-refractivity contribution in [2.75, 3.05) is 5.32 Å². The molecule has 6 heteroatoms. The summed E-state index contributed by atoms with van der Waals surface area (Å²) in [6, 6.07) is 13.3. The summed E-state index contributed by atoms with van der Waals surface area (Å²) >= 11 is 0. The number of halogens is 1. The minimum absolute atomic E-state index is 0.145. The van der Waals surface area contributed by atoms with E-state index in [1.807, 2.05) is 32.0 Å². The summed E-state index contributed by atoms with van der Waals surface area (Å²) in [6.07, 6.45) is 1.41. The molecule has 0 aliphatic carbocycles. The summed E-state index contributed by atoms with van der Waals surface area (Å²) in [5, 5.41) is 5.38. The summed E-state index contributed by atoms with van der Waals surface area (Å²) in [7, 11) is 0. The van der Waals surface area contributed by atoms with Gasteiger partial charge in [-0.1, -0.05) is 30.3 Å². The number of anilines is 1. The van der Waals surface area contributed by atoms with Crippen LogP contribution in [-0.2, 0) is 4.79 Å². The van der Waals surface area contributed by atoms with Gasteiger partial charge in [0, 0.05) is 5.69 Å². The van der Waals surface area contributed by atoms with Crippen molar-refractivity contribution in [2.45, 2.75) is 19.9 Å². The van der Waals surface area contributed by atoms with Crippen molar-refractivity contribution in [2.24, 2.45) is 0 Å². The first-order valence-electron chi connectivity index (χ1n) is 8.43. The molecule has 1 aromatic heterocycles. The SMILES string of the molecule is Cc1cccc(C)c1NC(=O)C(NC(=O)c1ccccc1F)c1ccco1. The van der Waals surface area contributed by atoms with Crippen LogP contribution in [0, 0.1) is 19.7 Å². The molecule has 138 valence electrons. The predicted molar refractivity (Wildman–Crippen MR) is 99.9 cm³/mol. The highest BCUT2D eigenvalue weighted by Crippen LogP contribution is 2.23. The molecule has 1 unspecified atom stereocenters. The van der Waals surface area contributed by atoms with Crippen molar-refractivity contribution in [1.29, 1.82) is 0 Å². The number of hydrogen-bond donors (Lipinski definition) is 2. The van der Waals surface area contributed by atoms with Crippen LogP contribution in [0.2, 0.25) is 0 Å². The normalized spacial score (nSPS) is 11.7. The Kier molecular flexibility index (Phi) is 5.35. The van der Waals surface area contributed by atoms with Crippen LogP contribution in [-0.4, -0.2) is 11.8 Å². The van der Waals surface area contributed by atoms with Crippen LogP contribution < -0.4 is 10.6 Å². The first-order valence-corrected chi connectivity index (χ1v) is 8.43. The van der Waals surface area contributed by atoms with Gasteiger partial charge in [-0.05, 0) is 49.2 Å². The maximum Gasteiger partial charge on any atom is 0.255 e. The van der Waals surface area contributed by atoms with E-state index in [2.05, 4.69) is 10.6 Å². The average molecular weight is 366 g/mol. The van der Waals surface area contributed by atoms with E-state index in [1.54, 1.807) is 18.2 Å². The summed E-state index contributed by atoms with van der Waals surface area (Å²) < 4.78 is 19.2. The molecule has 1 atom stereocenters. The van der Waals surface area contributed by atoms with Crippen molar-refractivity contribution < 1.29 is 18.4 Å². The van der Waals surface area contributed by atoms with Crippen LogP contribution >= 0.6 is 0 Å². The van der Waals surface area contributed by atoms with Gasteiger partial charge in [-0.2, -0.15) is 0 Å². The molecular weight excluding hydrogens is 347 g/mol. The molecule has 0 bridgehead atoms. The fraction of sp³-hybridized carbons (Fsp3) is 0.143. The van der Waals surface area contributed by atoms with Crippen LogP contribution in [0.25, 0.3) is 0 Å². The molecule has 0 saturated heterocycles. The first kappa shape index (κ1) is 18.4. The second-order valence-electron chi connectivity index (χ2n) is 6.16. The van der Waals surface area contributed by atoms with Gasteiger partial charge in [0.05, 0.1) is 11.8 Å². The van der Waals surface area contributed by atoms with Crippen molar-refractivity contribution >= 4 is 17.5 Å². The minimum atomic E-state index is -1.11. The highest BCUT2D eigenvalue weighted by molar-refractivity contribution is 6.02. The first-order chi connectivity index (χ1) is 13.0. The zero-order valence-electron chi connectivity index (χ0n) is 15.0. The van der Waals surface area contributed by atoms with Crippen molar-refractivity contribution in [3.05, 3.63) is 89.1 Å². The fourth-order valence-corrected chi connectivity index (χ4v) is 2.78. The van der Waals surface area contributed by atoms with E-state index < -0.39 is 23.7 Å². The molecule has 3 aromatic rings. The number of para-hydroxylation sites is 1. The molecule has 1 heterocycles. The minimum Gasteiger partial charge on any atom is -0.467 e. The van der Waals surface area contributed by atoms with Gasteiger partial charge in [0.1, 0.15) is 11.6 Å². The lowest BCUT2D eigenvalue weighted by atomic mass is 10.1. The molecule has 0 radical (unpaired) electrons. The Bertz CT molecular complexity index is 947. The van der Waals surface area contributed by atoms with Gasteiger partial charge >= 0.3 is 0 Å². The molecule has 5 nitrogen and oxygen atoms in total. The summed E-state index contributed by atoms with van der Waals surface area (Å²) in [5.41, 5.74) is 2.30. The summed E-state index contributed by atoms with van der Waals surface area (Å²) in [4.78, 5) is 25.4. The monoisotopic (exact) mass is 366 g/mol. The fourth-order valence-electron chi connectivity index (χ4n) is 2.78. The van der Waals surface area contributed by atoms with Gasteiger partial charge < -0.3 is 15.1 Å². The largest absolute Gasteiger partial charge is 0.467 e. The predicted octanol–water partition coefficient (Wildman–Crippen LogP) is 4.15. The van der Waals surface area contributed by atoms with Gasteiger partial charge in [-0.25, -0.2) is 4.39 Å². The maximum atomic E-state index is 13.9. The standard InChI is InChI=1S/C21H19FN2O3/c1-13-7-5-8-14(2)18(13)23-21(26)19(17-11-6-12-27-17)24-20(25)15-9-3-4-10-16(15)22/h3-12,19H,1-2H3,(H,23,26)(H,24,25). The van der Waals surface area contributed by atoms with Crippen molar-refractivity contribution in [3.63, 3.8) is 0 Å². The van der Waals surface area contributed by atoms with E-state index in [1.165, 1.54) is 24.5 Å². The molecule has 2 aromatic carbocycles. The van der Waals surface area contributed by atoms with Crippen LogP contribution in [0.3, 0.4) is 0 Å². The molecule has 2 amide bonds. The number of amides is 2. The summed E-state index contributed by atoms with van der Waals surface area (Å²) in [5.74, 6) is -1.59. The molecule has 0 fully saturated rings. The van der Waals surface area contributed by atoms with E-state index in [0.29, 0.717) is 5.69 Å². The third-order valence-corrected chi connectivity index (χ3v) is 4.21. The van der Waals surface area contributed by atoms with Gasteiger partial charge in [0.25, 0.3) is 11.8 Å². The van der Waals surface area contributed by atoms with Gasteiger partial charge in [-0.3, -0.25) is 9.59 Å². The second kappa shape index (κ2) is 7.86. The average Bonchev–Trinajstić information content (AvgIpc) is 3.17. The molecule has 2 N–H and O–H groups in total. The molecular formula is C21H19FN2O3. The number of rotatable bonds is 5. The number of aryl methyl sites for hydroxylation is 2. The van der Waals surface area contributed by atoms with E-state index >= 15 is 0 Å². The summed E-state index contributed by atoms with van der Waals surface area (Å²) in [6.45, 7) is 3.75. The molecule has 0 aliphatic heterocycles. The molecule has 3 rings (SSSR count). The molecule has 27 heavy (non-hydrogen) atoms. The Hall–Kier alpha value is -3.41. The number of hydrogen-bond acceptors (Lipinski definition) is 3. The van der Waals surface area contributed by atoms with Crippen LogP contribution in [0.1, 0.15) is 33.3 Å². The van der Waals surface area contributed by atoms with Crippen molar-refractivity contribution in [1.82, 2.24) is 5.32 Å². The van der Waals surface area contributed by atoms with Crippen LogP contribution in [0.5, 0.6) is 0 Å². The Morgan fingerprint density at radius 2 is 1.67 bits per heavy atom. The lowest BCUT2D eigenvalue weighted by molar-refractivity contribution is -0.118. The zero-order valence-corrected chi connectivity index (χ0v) is 15.0. The van der Waals surface area contributed by atoms with Crippen molar-refractivity contribution in [3.8, 4) is 0 Å². The third kappa shape index (κ3) is 4.06.